The van der Waals surface area contributed by atoms with Gasteiger partial charge in [0, 0.05) is 10.8 Å². The van der Waals surface area contributed by atoms with Gasteiger partial charge in [0.25, 0.3) is 0 Å². The van der Waals surface area contributed by atoms with Crippen LogP contribution in [-0.2, 0) is 10.8 Å². The van der Waals surface area contributed by atoms with E-state index in [-0.39, 0.29) is 0 Å². The van der Waals surface area contributed by atoms with Crippen LogP contribution >= 0.6 is 0 Å². The molecule has 0 aliphatic heterocycles. The zero-order valence-electron chi connectivity index (χ0n) is 11.8. The van der Waals surface area contributed by atoms with Gasteiger partial charge in [0.15, 0.2) is 0 Å². The van der Waals surface area contributed by atoms with E-state index in [1.54, 1.807) is 0 Å². The van der Waals surface area contributed by atoms with Crippen molar-refractivity contribution in [3.63, 3.8) is 0 Å². The highest BCUT2D eigenvalue weighted by Gasteiger charge is 2.67. The fraction of sp³-hybridized carbons (Fsp3) is 0.333. The van der Waals surface area contributed by atoms with Crippen LogP contribution in [0.15, 0.2) is 60.7 Å². The van der Waals surface area contributed by atoms with Gasteiger partial charge >= 0.3 is 0 Å². The molecule has 1 saturated carbocycles. The normalized spacial score (nSPS) is 36.4. The summed E-state index contributed by atoms with van der Waals surface area (Å²) in [6, 6.07) is 19.9. The second kappa shape index (κ2) is 4.44. The van der Waals surface area contributed by atoms with Gasteiger partial charge in [-0.3, -0.25) is 0 Å². The van der Waals surface area contributed by atoms with Gasteiger partial charge in [0.1, 0.15) is 0 Å². The molecule has 104 valence electrons. The molecule has 0 heterocycles. The third-order valence-electron chi connectivity index (χ3n) is 5.31. The van der Waals surface area contributed by atoms with Crippen LogP contribution in [0, 0.1) is 0 Å². The summed E-state index contributed by atoms with van der Waals surface area (Å²) >= 11 is 0. The fourth-order valence-electron chi connectivity index (χ4n) is 3.66. The van der Waals surface area contributed by atoms with Crippen LogP contribution in [0.1, 0.15) is 25.0 Å². The minimum absolute atomic E-state index is 0.491. The van der Waals surface area contributed by atoms with E-state index in [0.717, 1.165) is 11.1 Å². The molecule has 0 aromatic heterocycles. The third kappa shape index (κ3) is 1.46. The third-order valence-corrected chi connectivity index (χ3v) is 5.31. The number of hydrogen-bond acceptors (Lipinski definition) is 2. The predicted octanol–water partition coefficient (Wildman–Crippen LogP) is 2.64. The zero-order chi connectivity index (χ0) is 14.4. The van der Waals surface area contributed by atoms with Gasteiger partial charge in [0.2, 0.25) is 0 Å². The Labute approximate surface area is 119 Å². The topological polar surface area (TPSA) is 40.5 Å². The summed E-state index contributed by atoms with van der Waals surface area (Å²) in [6.07, 6.45) is -1.51. The monoisotopic (exact) mass is 268 g/mol. The lowest BCUT2D eigenvalue weighted by atomic mass is 9.43. The second-order valence-electron chi connectivity index (χ2n) is 6.03. The molecular weight excluding hydrogens is 248 g/mol. The molecule has 2 nitrogen and oxygen atoms in total. The highest BCUT2D eigenvalue weighted by Crippen LogP contribution is 2.58. The summed E-state index contributed by atoms with van der Waals surface area (Å²) in [5.74, 6) is 0. The Kier molecular flexibility index (Phi) is 2.96. The van der Waals surface area contributed by atoms with Crippen molar-refractivity contribution in [1.29, 1.82) is 0 Å². The van der Waals surface area contributed by atoms with E-state index in [2.05, 4.69) is 0 Å². The van der Waals surface area contributed by atoms with Crippen molar-refractivity contribution in [2.24, 2.45) is 0 Å². The molecule has 0 radical (unpaired) electrons. The largest absolute Gasteiger partial charge is 0.389 e. The van der Waals surface area contributed by atoms with Crippen LogP contribution in [0.5, 0.6) is 0 Å². The van der Waals surface area contributed by atoms with Crippen molar-refractivity contribution in [2.45, 2.75) is 36.9 Å². The first kappa shape index (κ1) is 13.3. The Hall–Kier alpha value is -1.64. The van der Waals surface area contributed by atoms with Crippen molar-refractivity contribution >= 4 is 0 Å². The van der Waals surface area contributed by atoms with Gasteiger partial charge in [0.05, 0.1) is 12.2 Å². The van der Waals surface area contributed by atoms with Crippen molar-refractivity contribution in [3.8, 4) is 0 Å². The van der Waals surface area contributed by atoms with Crippen LogP contribution in [-0.4, -0.2) is 22.4 Å². The van der Waals surface area contributed by atoms with Gasteiger partial charge in [-0.05, 0) is 11.1 Å². The van der Waals surface area contributed by atoms with E-state index in [0.29, 0.717) is 0 Å². The van der Waals surface area contributed by atoms with Crippen molar-refractivity contribution in [1.82, 2.24) is 0 Å². The maximum Gasteiger partial charge on any atom is 0.0911 e. The van der Waals surface area contributed by atoms with E-state index in [1.807, 2.05) is 74.5 Å². The van der Waals surface area contributed by atoms with Gasteiger partial charge in [-0.25, -0.2) is 0 Å². The quantitative estimate of drug-likeness (QED) is 0.879. The summed E-state index contributed by atoms with van der Waals surface area (Å²) in [4.78, 5) is 0. The van der Waals surface area contributed by atoms with Crippen molar-refractivity contribution in [2.75, 3.05) is 0 Å². The van der Waals surface area contributed by atoms with Gasteiger partial charge in [-0.15, -0.1) is 0 Å². The number of benzene rings is 2. The SMILES string of the molecule is CC1(c2ccccc2)C(O)C(O)C1(C)c1ccccc1. The standard InChI is InChI=1S/C18H20O2/c1-17(13-9-5-3-6-10-13)15(19)16(20)18(17,2)14-11-7-4-8-12-14/h3-12,15-16,19-20H,1-2H3. The van der Waals surface area contributed by atoms with Gasteiger partial charge in [-0.2, -0.15) is 0 Å². The lowest BCUT2D eigenvalue weighted by Crippen LogP contribution is -2.74. The summed E-state index contributed by atoms with van der Waals surface area (Å²) in [5.41, 5.74) is 1.14. The molecule has 1 aliphatic rings. The molecule has 1 aliphatic carbocycles. The number of aliphatic hydroxyl groups is 2. The highest BCUT2D eigenvalue weighted by atomic mass is 16.3. The van der Waals surface area contributed by atoms with Crippen molar-refractivity contribution in [3.05, 3.63) is 71.8 Å². The summed E-state index contributed by atoms with van der Waals surface area (Å²) in [7, 11) is 0. The number of hydrogen-bond donors (Lipinski definition) is 2. The van der Waals surface area contributed by atoms with Crippen LogP contribution in [0.4, 0.5) is 0 Å². The molecule has 3 rings (SSSR count). The number of aliphatic hydroxyl groups excluding tert-OH is 2. The molecule has 4 unspecified atom stereocenters. The Morgan fingerprint density at radius 2 is 0.950 bits per heavy atom. The molecule has 2 aromatic rings. The van der Waals surface area contributed by atoms with Crippen molar-refractivity contribution < 1.29 is 10.2 Å². The first-order chi connectivity index (χ1) is 9.53. The van der Waals surface area contributed by atoms with E-state index in [4.69, 9.17) is 0 Å². The first-order valence-corrected chi connectivity index (χ1v) is 7.00. The van der Waals surface area contributed by atoms with Gasteiger partial charge < -0.3 is 10.2 Å². The average molecular weight is 268 g/mol. The second-order valence-corrected chi connectivity index (χ2v) is 6.03. The summed E-state index contributed by atoms with van der Waals surface area (Å²) in [5, 5.41) is 20.9. The molecule has 0 saturated heterocycles. The Bertz CT molecular complexity index is 540. The molecule has 0 bridgehead atoms. The summed E-state index contributed by atoms with van der Waals surface area (Å²) < 4.78 is 0. The molecule has 2 aromatic carbocycles. The minimum atomic E-state index is -0.755. The Morgan fingerprint density at radius 1 is 0.650 bits per heavy atom. The predicted molar refractivity (Wildman–Crippen MR) is 79.6 cm³/mol. The fourth-order valence-corrected chi connectivity index (χ4v) is 3.66. The van der Waals surface area contributed by atoms with Crippen LogP contribution in [0.2, 0.25) is 0 Å². The average Bonchev–Trinajstić information content (AvgIpc) is 2.53. The molecule has 0 spiro atoms. The van der Waals surface area contributed by atoms with Gasteiger partial charge in [-0.1, -0.05) is 74.5 Å². The Balaban J connectivity index is 2.15. The number of rotatable bonds is 2. The lowest BCUT2D eigenvalue weighted by molar-refractivity contribution is -0.183. The maximum atomic E-state index is 10.4. The first-order valence-electron chi connectivity index (χ1n) is 7.00. The van der Waals surface area contributed by atoms with Crippen LogP contribution in [0.25, 0.3) is 0 Å². The molecule has 0 amide bonds. The molecule has 2 heteroatoms. The van der Waals surface area contributed by atoms with E-state index in [9.17, 15) is 10.2 Å². The van der Waals surface area contributed by atoms with E-state index in [1.165, 1.54) is 0 Å². The molecule has 2 N–H and O–H groups in total. The summed E-state index contributed by atoms with van der Waals surface area (Å²) in [6.45, 7) is 4.07. The van der Waals surface area contributed by atoms with Crippen LogP contribution in [0.3, 0.4) is 0 Å². The maximum absolute atomic E-state index is 10.4. The van der Waals surface area contributed by atoms with Crippen LogP contribution < -0.4 is 0 Å². The Morgan fingerprint density at radius 3 is 1.25 bits per heavy atom. The molecule has 4 atom stereocenters. The van der Waals surface area contributed by atoms with E-state index >= 15 is 0 Å². The highest BCUT2D eigenvalue weighted by molar-refractivity contribution is 5.47. The van der Waals surface area contributed by atoms with E-state index < -0.39 is 23.0 Å². The minimum Gasteiger partial charge on any atom is -0.389 e. The smallest absolute Gasteiger partial charge is 0.0911 e. The molecule has 1 fully saturated rings. The zero-order valence-corrected chi connectivity index (χ0v) is 11.8. The molecular formula is C18H20O2. The lowest BCUT2D eigenvalue weighted by Gasteiger charge is -2.63. The molecule has 20 heavy (non-hydrogen) atoms.